The lowest BCUT2D eigenvalue weighted by molar-refractivity contribution is 0.154. The zero-order valence-electron chi connectivity index (χ0n) is 12.4. The number of carbonyl (C=O) groups excluding carboxylic acids is 1. The Bertz CT molecular complexity index is 536. The molecule has 0 unspecified atom stereocenters. The molecule has 22 heavy (non-hydrogen) atoms. The van der Waals surface area contributed by atoms with Crippen molar-refractivity contribution in [2.75, 3.05) is 19.7 Å². The van der Waals surface area contributed by atoms with Gasteiger partial charge in [0.25, 0.3) is 16.3 Å². The second kappa shape index (κ2) is 7.49. The van der Waals surface area contributed by atoms with Gasteiger partial charge in [0.15, 0.2) is 0 Å². The molecule has 1 aromatic rings. The van der Waals surface area contributed by atoms with Crippen molar-refractivity contribution in [3.8, 4) is 5.75 Å². The fourth-order valence-electron chi connectivity index (χ4n) is 3.11. The number of hydrogen-bond donors (Lipinski definition) is 3. The highest BCUT2D eigenvalue weighted by Gasteiger charge is 2.43. The lowest BCUT2D eigenvalue weighted by Gasteiger charge is -2.38. The Balaban J connectivity index is 0.000000545. The van der Waals surface area contributed by atoms with Crippen LogP contribution in [0.25, 0.3) is 0 Å². The number of benzene rings is 1. The summed E-state index contributed by atoms with van der Waals surface area (Å²) in [6.45, 7) is 2.89. The summed E-state index contributed by atoms with van der Waals surface area (Å²) in [5.41, 5.74) is 8.24. The Morgan fingerprint density at radius 3 is 2.59 bits per heavy atom. The van der Waals surface area contributed by atoms with Crippen LogP contribution in [-0.2, 0) is 12.0 Å². The van der Waals surface area contributed by atoms with Crippen LogP contribution < -0.4 is 10.5 Å². The van der Waals surface area contributed by atoms with Crippen molar-refractivity contribution >= 4 is 28.7 Å². The molecular weight excluding hydrogens is 298 g/mol. The van der Waals surface area contributed by atoms with Crippen molar-refractivity contribution in [3.63, 3.8) is 0 Å². The van der Waals surface area contributed by atoms with Crippen molar-refractivity contribution in [1.82, 2.24) is 4.90 Å². The monoisotopic (exact) mass is 317 g/mol. The Morgan fingerprint density at radius 2 is 2.05 bits per heavy atom. The minimum absolute atomic E-state index is 0. The highest BCUT2D eigenvalue weighted by atomic mass is 27.0. The fourth-order valence-corrected chi connectivity index (χ4v) is 3.37. The van der Waals surface area contributed by atoms with Crippen LogP contribution in [0.4, 0.5) is 4.79 Å². The smallest absolute Gasteiger partial charge is 0.482 e. The Hall–Kier alpha value is -1.03. The van der Waals surface area contributed by atoms with E-state index in [0.717, 1.165) is 43.9 Å². The topological polar surface area (TPSA) is 96.0 Å². The molecule has 1 fully saturated rings. The first kappa shape index (κ1) is 17.3. The van der Waals surface area contributed by atoms with Gasteiger partial charge in [-0.25, -0.2) is 0 Å². The van der Waals surface area contributed by atoms with Crippen LogP contribution in [0.2, 0.25) is 0 Å². The van der Waals surface area contributed by atoms with E-state index < -0.39 is 0 Å². The summed E-state index contributed by atoms with van der Waals surface area (Å²) in [5.74, 6) is 0.989. The molecule has 3 radical (unpaired) electrons. The lowest BCUT2D eigenvalue weighted by Crippen LogP contribution is -2.45. The highest BCUT2D eigenvalue weighted by molar-refractivity contribution is 6.56. The molecular formula is C14H19AlBN2O4. The van der Waals surface area contributed by atoms with Gasteiger partial charge in [0.05, 0.1) is 11.4 Å². The zero-order chi connectivity index (χ0) is 16.2. The summed E-state index contributed by atoms with van der Waals surface area (Å²) < 4.78 is 5.93. The number of amides is 1. The normalized spacial score (nSPS) is 18.0. The van der Waals surface area contributed by atoms with Gasteiger partial charge in [-0.05, 0) is 24.5 Å². The number of nitrogens with two attached hydrogens (primary N) is 1. The molecule has 2 aliphatic rings. The van der Waals surface area contributed by atoms with E-state index in [1.54, 1.807) is 0 Å². The van der Waals surface area contributed by atoms with E-state index in [9.17, 15) is 4.79 Å². The van der Waals surface area contributed by atoms with Crippen molar-refractivity contribution in [3.05, 3.63) is 29.3 Å². The van der Waals surface area contributed by atoms with E-state index in [0.29, 0.717) is 6.54 Å². The number of rotatable bonds is 1. The maximum absolute atomic E-state index is 11.4. The number of likely N-dealkylation sites (tertiary alicyclic amines) is 1. The van der Waals surface area contributed by atoms with Crippen LogP contribution in [0, 0.1) is 0 Å². The van der Waals surface area contributed by atoms with E-state index in [2.05, 4.69) is 22.4 Å². The fraction of sp³-hybridized carbons (Fsp3) is 0.500. The third kappa shape index (κ3) is 3.48. The Kier molecular flexibility index (Phi) is 5.90. The molecule has 2 heterocycles. The van der Waals surface area contributed by atoms with E-state index >= 15 is 0 Å². The summed E-state index contributed by atoms with van der Waals surface area (Å²) >= 11 is 2.26. The molecule has 0 saturated carbocycles. The summed E-state index contributed by atoms with van der Waals surface area (Å²) in [6, 6.07) is 6.24. The maximum atomic E-state index is 11.4. The van der Waals surface area contributed by atoms with E-state index in [1.807, 2.05) is 17.0 Å². The molecule has 0 aromatic heterocycles. The molecule has 115 valence electrons. The molecule has 0 atom stereocenters. The maximum Gasteiger partial charge on any atom is 0.482 e. The van der Waals surface area contributed by atoms with Gasteiger partial charge in [-0.3, -0.25) is 0 Å². The van der Waals surface area contributed by atoms with Crippen molar-refractivity contribution in [2.24, 2.45) is 5.73 Å². The van der Waals surface area contributed by atoms with Gasteiger partial charge in [0.1, 0.15) is 5.75 Å². The molecule has 1 spiro atoms. The minimum Gasteiger partial charge on any atom is -0.492 e. The predicted octanol–water partition coefficient (Wildman–Crippen LogP) is -0.335. The molecule has 6 nitrogen and oxygen atoms in total. The Morgan fingerprint density at radius 1 is 1.41 bits per heavy atom. The summed E-state index contributed by atoms with van der Waals surface area (Å²) in [7, 11) is 0. The lowest BCUT2D eigenvalue weighted by atomic mass is 9.74. The first-order valence-corrected chi connectivity index (χ1v) is 7.75. The second-order valence-corrected chi connectivity index (χ2v) is 6.04. The van der Waals surface area contributed by atoms with Gasteiger partial charge >= 0.3 is 7.69 Å². The van der Waals surface area contributed by atoms with Gasteiger partial charge in [-0.2, -0.15) is 0 Å². The molecule has 3 rings (SSSR count). The molecule has 4 N–H and O–H groups in total. The van der Waals surface area contributed by atoms with Crippen LogP contribution in [0.1, 0.15) is 24.0 Å². The van der Waals surface area contributed by atoms with E-state index in [1.165, 1.54) is 5.56 Å². The summed E-state index contributed by atoms with van der Waals surface area (Å²) in [5, 5.41) is 14.0. The molecule has 8 heteroatoms. The van der Waals surface area contributed by atoms with Gasteiger partial charge < -0.3 is 30.2 Å². The molecule has 1 aromatic carbocycles. The highest BCUT2D eigenvalue weighted by Crippen LogP contribution is 2.45. The SMILES string of the molecule is NCc1ccc2c(c1)C1(CCN([C](=O)[Al])CC1)CO2.O[B]O. The quantitative estimate of drug-likeness (QED) is 0.616. The summed E-state index contributed by atoms with van der Waals surface area (Å²) in [6.07, 6.45) is 1.93. The molecule has 1 saturated heterocycles. The second-order valence-electron chi connectivity index (χ2n) is 5.54. The van der Waals surface area contributed by atoms with E-state index in [4.69, 9.17) is 20.5 Å². The van der Waals surface area contributed by atoms with Crippen LogP contribution in [0.15, 0.2) is 18.2 Å². The minimum atomic E-state index is 0. The van der Waals surface area contributed by atoms with Gasteiger partial charge in [-0.15, -0.1) is 0 Å². The average Bonchev–Trinajstić information content (AvgIpc) is 2.86. The van der Waals surface area contributed by atoms with Crippen LogP contribution in [-0.4, -0.2) is 63.4 Å². The number of fused-ring (bicyclic) bond motifs is 2. The third-order valence-corrected chi connectivity index (χ3v) is 4.75. The summed E-state index contributed by atoms with van der Waals surface area (Å²) in [4.78, 5) is 13.3. The average molecular weight is 317 g/mol. The molecule has 0 bridgehead atoms. The van der Waals surface area contributed by atoms with Crippen molar-refractivity contribution in [1.29, 1.82) is 0 Å². The Labute approximate surface area is 139 Å². The number of ether oxygens (including phenoxy) is 1. The van der Waals surface area contributed by atoms with Gasteiger partial charge in [0.2, 0.25) is 0 Å². The third-order valence-electron chi connectivity index (χ3n) is 4.39. The van der Waals surface area contributed by atoms with Crippen molar-refractivity contribution < 1.29 is 19.6 Å². The largest absolute Gasteiger partial charge is 0.492 e. The number of hydrogen-bond acceptors (Lipinski definition) is 5. The number of nitrogens with zero attached hydrogens (tertiary/aromatic N) is 1. The van der Waals surface area contributed by atoms with Crippen LogP contribution in [0.3, 0.4) is 0 Å². The first-order valence-electron chi connectivity index (χ1n) is 7.17. The molecule has 1 amide bonds. The number of piperidine rings is 1. The molecule has 2 aliphatic heterocycles. The van der Waals surface area contributed by atoms with Crippen LogP contribution in [0.5, 0.6) is 5.75 Å². The molecule has 0 aliphatic carbocycles. The van der Waals surface area contributed by atoms with Crippen LogP contribution >= 0.6 is 0 Å². The van der Waals surface area contributed by atoms with Gasteiger partial charge in [0, 0.05) is 30.6 Å². The zero-order valence-corrected chi connectivity index (χ0v) is 13.5. The van der Waals surface area contributed by atoms with Gasteiger partial charge in [-0.1, -0.05) is 12.1 Å². The predicted molar refractivity (Wildman–Crippen MR) is 83.7 cm³/mol. The number of carbonyl (C=O) groups is 1. The standard InChI is InChI=1S/C14H17N2O2.Al.BH2O2/c15-8-11-1-2-13-12(7-11)14(9-18-13)3-5-16(10-17)6-4-14;;2-1-3/h1-2,7H,3-6,8-9,15H2;;2-3H. The first-order chi connectivity index (χ1) is 10.6. The van der Waals surface area contributed by atoms with E-state index in [-0.39, 0.29) is 17.9 Å². The van der Waals surface area contributed by atoms with Crippen molar-refractivity contribution in [2.45, 2.75) is 24.8 Å².